The van der Waals surface area contributed by atoms with E-state index in [1.807, 2.05) is 35.2 Å². The molecular weight excluding hydrogens is 446 g/mol. The van der Waals surface area contributed by atoms with Crippen molar-refractivity contribution in [2.24, 2.45) is 10.7 Å². The predicted molar refractivity (Wildman–Crippen MR) is 108 cm³/mol. The van der Waals surface area contributed by atoms with Crippen LogP contribution in [0, 0.1) is 9.39 Å². The minimum atomic E-state index is -0.576. The van der Waals surface area contributed by atoms with Gasteiger partial charge in [0.1, 0.15) is 17.3 Å². The van der Waals surface area contributed by atoms with Gasteiger partial charge in [-0.3, -0.25) is 4.79 Å². The molecule has 2 aromatic rings. The van der Waals surface area contributed by atoms with Crippen molar-refractivity contribution in [3.63, 3.8) is 0 Å². The lowest BCUT2D eigenvalue weighted by Crippen LogP contribution is -2.52. The van der Waals surface area contributed by atoms with Crippen LogP contribution < -0.4 is 11.1 Å². The zero-order valence-corrected chi connectivity index (χ0v) is 16.2. The molecule has 2 aliphatic rings. The molecule has 1 fully saturated rings. The van der Waals surface area contributed by atoms with E-state index in [0.717, 1.165) is 3.57 Å². The Hall–Kier alpha value is -2.16. The molecule has 0 radical (unpaired) electrons. The monoisotopic (exact) mass is 464 g/mol. The van der Waals surface area contributed by atoms with E-state index in [1.165, 1.54) is 6.07 Å². The Kier molecular flexibility index (Phi) is 4.34. The SMILES string of the molecule is NC1=NC2(CCN(C(=O)c3ccc(I)cc3)CC2)Nc2cccc(F)c21. The van der Waals surface area contributed by atoms with Gasteiger partial charge in [0.05, 0.1) is 5.56 Å². The summed E-state index contributed by atoms with van der Waals surface area (Å²) in [5.41, 5.74) is 7.14. The molecule has 1 spiro atoms. The number of hydrogen-bond acceptors (Lipinski definition) is 4. The molecule has 2 aliphatic heterocycles. The number of amides is 1. The number of hydrogen-bond donors (Lipinski definition) is 2. The normalized spacial score (nSPS) is 18.1. The molecule has 7 heteroatoms. The van der Waals surface area contributed by atoms with Gasteiger partial charge >= 0.3 is 0 Å². The van der Waals surface area contributed by atoms with Gasteiger partial charge in [0.25, 0.3) is 5.91 Å². The van der Waals surface area contributed by atoms with Gasteiger partial charge in [0.2, 0.25) is 0 Å². The quantitative estimate of drug-likeness (QED) is 0.638. The third-order valence-corrected chi connectivity index (χ3v) is 5.66. The number of rotatable bonds is 1. The number of nitrogens with two attached hydrogens (primary N) is 1. The average Bonchev–Trinajstić information content (AvgIpc) is 2.62. The van der Waals surface area contributed by atoms with Gasteiger partial charge in [-0.1, -0.05) is 6.07 Å². The van der Waals surface area contributed by atoms with E-state index in [4.69, 9.17) is 5.73 Å². The number of halogens is 2. The maximum Gasteiger partial charge on any atom is 0.253 e. The summed E-state index contributed by atoms with van der Waals surface area (Å²) in [4.78, 5) is 19.1. The molecule has 26 heavy (non-hydrogen) atoms. The molecule has 3 N–H and O–H groups in total. The molecule has 0 saturated carbocycles. The summed E-state index contributed by atoms with van der Waals surface area (Å²) in [7, 11) is 0. The van der Waals surface area contributed by atoms with Gasteiger partial charge in [-0.15, -0.1) is 0 Å². The number of aliphatic imine (C=N–C) groups is 1. The first-order chi connectivity index (χ1) is 12.5. The number of nitrogens with one attached hydrogen (secondary N) is 1. The van der Waals surface area contributed by atoms with Crippen LogP contribution in [0.1, 0.15) is 28.8 Å². The molecule has 0 aliphatic carbocycles. The fraction of sp³-hybridized carbons (Fsp3) is 0.263. The predicted octanol–water partition coefficient (Wildman–Crippen LogP) is 3.19. The van der Waals surface area contributed by atoms with Crippen LogP contribution in [-0.4, -0.2) is 35.4 Å². The van der Waals surface area contributed by atoms with E-state index in [9.17, 15) is 9.18 Å². The highest BCUT2D eigenvalue weighted by Gasteiger charge is 2.39. The van der Waals surface area contributed by atoms with Gasteiger partial charge < -0.3 is 16.0 Å². The van der Waals surface area contributed by atoms with Crippen LogP contribution in [0.15, 0.2) is 47.5 Å². The first-order valence-corrected chi connectivity index (χ1v) is 9.53. The number of benzene rings is 2. The van der Waals surface area contributed by atoms with Crippen LogP contribution in [0.5, 0.6) is 0 Å². The molecule has 4 rings (SSSR count). The molecule has 1 saturated heterocycles. The van der Waals surface area contributed by atoms with Crippen LogP contribution in [0.3, 0.4) is 0 Å². The fourth-order valence-electron chi connectivity index (χ4n) is 3.55. The maximum absolute atomic E-state index is 14.0. The smallest absolute Gasteiger partial charge is 0.253 e. The standard InChI is InChI=1S/C19H18FIN4O/c20-14-2-1-3-15-16(14)17(22)24-19(23-15)8-10-25(11-9-19)18(26)12-4-6-13(21)7-5-12/h1-7,23H,8-11H2,(H2,22,24). The molecule has 134 valence electrons. The maximum atomic E-state index is 14.0. The highest BCUT2D eigenvalue weighted by molar-refractivity contribution is 14.1. The summed E-state index contributed by atoms with van der Waals surface area (Å²) < 4.78 is 15.1. The van der Waals surface area contributed by atoms with Gasteiger partial charge in [-0.25, -0.2) is 9.38 Å². The summed E-state index contributed by atoms with van der Waals surface area (Å²) in [6, 6.07) is 12.4. The van der Waals surface area contributed by atoms with Crippen LogP contribution in [0.4, 0.5) is 10.1 Å². The Morgan fingerprint density at radius 3 is 2.58 bits per heavy atom. The van der Waals surface area contributed by atoms with Crippen molar-refractivity contribution in [1.82, 2.24) is 4.90 Å². The Morgan fingerprint density at radius 2 is 1.88 bits per heavy atom. The van der Waals surface area contributed by atoms with E-state index in [2.05, 4.69) is 32.9 Å². The van der Waals surface area contributed by atoms with Crippen molar-refractivity contribution >= 4 is 40.0 Å². The van der Waals surface area contributed by atoms with E-state index in [-0.39, 0.29) is 17.6 Å². The van der Waals surface area contributed by atoms with Crippen LogP contribution in [0.2, 0.25) is 0 Å². The zero-order valence-electron chi connectivity index (χ0n) is 14.0. The molecule has 0 unspecified atom stereocenters. The second kappa shape index (κ2) is 6.53. The third kappa shape index (κ3) is 3.04. The molecular formula is C19H18FIN4O. The summed E-state index contributed by atoms with van der Waals surface area (Å²) in [5, 5.41) is 3.34. The molecule has 2 aromatic carbocycles. The second-order valence-electron chi connectivity index (χ2n) is 6.62. The van der Waals surface area contributed by atoms with Crippen LogP contribution in [-0.2, 0) is 0 Å². The topological polar surface area (TPSA) is 70.7 Å². The van der Waals surface area contributed by atoms with Crippen molar-refractivity contribution < 1.29 is 9.18 Å². The van der Waals surface area contributed by atoms with Gasteiger partial charge in [-0.05, 0) is 59.0 Å². The Labute approximate surface area is 164 Å². The summed E-state index contributed by atoms with van der Waals surface area (Å²) in [5.74, 6) is -0.137. The molecule has 5 nitrogen and oxygen atoms in total. The second-order valence-corrected chi connectivity index (χ2v) is 7.86. The summed E-state index contributed by atoms with van der Waals surface area (Å²) >= 11 is 2.22. The minimum absolute atomic E-state index is 0.0236. The first kappa shape index (κ1) is 17.3. The number of carbonyl (C=O) groups excluding carboxylic acids is 1. The lowest BCUT2D eigenvalue weighted by molar-refractivity contribution is 0.0685. The van der Waals surface area contributed by atoms with E-state index < -0.39 is 5.66 Å². The minimum Gasteiger partial charge on any atom is -0.383 e. The zero-order chi connectivity index (χ0) is 18.3. The number of likely N-dealkylation sites (tertiary alicyclic amines) is 1. The largest absolute Gasteiger partial charge is 0.383 e. The van der Waals surface area contributed by atoms with E-state index >= 15 is 0 Å². The highest BCUT2D eigenvalue weighted by Crippen LogP contribution is 2.35. The Morgan fingerprint density at radius 1 is 1.19 bits per heavy atom. The number of piperidine rings is 1. The Bertz CT molecular complexity index is 889. The highest BCUT2D eigenvalue weighted by atomic mass is 127. The van der Waals surface area contributed by atoms with Crippen molar-refractivity contribution in [1.29, 1.82) is 0 Å². The van der Waals surface area contributed by atoms with E-state index in [1.54, 1.807) is 6.07 Å². The number of anilines is 1. The first-order valence-electron chi connectivity index (χ1n) is 8.45. The number of nitrogens with zero attached hydrogens (tertiary/aromatic N) is 2. The van der Waals surface area contributed by atoms with Crippen LogP contribution >= 0.6 is 22.6 Å². The number of carbonyl (C=O) groups is 1. The third-order valence-electron chi connectivity index (χ3n) is 4.94. The van der Waals surface area contributed by atoms with Crippen molar-refractivity contribution in [3.05, 3.63) is 63.0 Å². The molecule has 1 amide bonds. The molecule has 0 bridgehead atoms. The number of fused-ring (bicyclic) bond motifs is 1. The summed E-state index contributed by atoms with van der Waals surface area (Å²) in [6.45, 7) is 1.14. The molecule has 2 heterocycles. The average molecular weight is 464 g/mol. The van der Waals surface area contributed by atoms with E-state index in [0.29, 0.717) is 42.7 Å². The van der Waals surface area contributed by atoms with Gasteiger partial charge in [0.15, 0.2) is 0 Å². The lowest BCUT2D eigenvalue weighted by atomic mass is 9.93. The summed E-state index contributed by atoms with van der Waals surface area (Å²) in [6.07, 6.45) is 1.25. The Balaban J connectivity index is 1.51. The molecule has 0 atom stereocenters. The lowest BCUT2D eigenvalue weighted by Gasteiger charge is -2.42. The van der Waals surface area contributed by atoms with Crippen molar-refractivity contribution in [2.45, 2.75) is 18.5 Å². The number of amidine groups is 1. The van der Waals surface area contributed by atoms with Crippen LogP contribution in [0.25, 0.3) is 0 Å². The fourth-order valence-corrected chi connectivity index (χ4v) is 3.90. The van der Waals surface area contributed by atoms with Crippen molar-refractivity contribution in [3.8, 4) is 0 Å². The van der Waals surface area contributed by atoms with Gasteiger partial charge in [-0.2, -0.15) is 0 Å². The van der Waals surface area contributed by atoms with Crippen molar-refractivity contribution in [2.75, 3.05) is 18.4 Å². The molecule has 0 aromatic heterocycles. The van der Waals surface area contributed by atoms with Gasteiger partial charge in [0, 0.05) is 40.8 Å².